The van der Waals surface area contributed by atoms with Crippen LogP contribution in [0.4, 0.5) is 0 Å². The van der Waals surface area contributed by atoms with E-state index in [1.165, 1.54) is 11.1 Å². The molecular weight excluding hydrogens is 258 g/mol. The fourth-order valence-corrected chi connectivity index (χ4v) is 2.41. The summed E-state index contributed by atoms with van der Waals surface area (Å²) < 4.78 is 0. The number of carbonyl (C=O) groups excluding carboxylic acids is 1. The first-order valence-electron chi connectivity index (χ1n) is 7.16. The van der Waals surface area contributed by atoms with Gasteiger partial charge in [-0.25, -0.2) is 0 Å². The Labute approximate surface area is 124 Å². The van der Waals surface area contributed by atoms with Gasteiger partial charge in [0.2, 0.25) is 0 Å². The highest BCUT2D eigenvalue weighted by Gasteiger charge is 2.07. The van der Waals surface area contributed by atoms with E-state index in [-0.39, 0.29) is 5.78 Å². The predicted molar refractivity (Wildman–Crippen MR) is 85.6 cm³/mol. The third-order valence-electron chi connectivity index (χ3n) is 3.69. The van der Waals surface area contributed by atoms with Crippen molar-refractivity contribution in [3.8, 4) is 0 Å². The van der Waals surface area contributed by atoms with Crippen molar-refractivity contribution in [3.63, 3.8) is 0 Å². The van der Waals surface area contributed by atoms with Gasteiger partial charge in [0.1, 0.15) is 0 Å². The Morgan fingerprint density at radius 3 is 2.67 bits per heavy atom. The molecule has 0 amide bonds. The molecular formula is C19H17NO. The Morgan fingerprint density at radius 2 is 1.86 bits per heavy atom. The summed E-state index contributed by atoms with van der Waals surface area (Å²) in [6.07, 6.45) is 3.08. The normalized spacial score (nSPS) is 10.7. The zero-order valence-corrected chi connectivity index (χ0v) is 12.0. The summed E-state index contributed by atoms with van der Waals surface area (Å²) in [7, 11) is 0. The second-order valence-corrected chi connectivity index (χ2v) is 5.32. The van der Waals surface area contributed by atoms with Gasteiger partial charge >= 0.3 is 0 Å². The van der Waals surface area contributed by atoms with Gasteiger partial charge in [-0.1, -0.05) is 35.9 Å². The van der Waals surface area contributed by atoms with Crippen molar-refractivity contribution < 1.29 is 4.79 Å². The number of fused-ring (bicyclic) bond motifs is 1. The van der Waals surface area contributed by atoms with Gasteiger partial charge in [-0.15, -0.1) is 0 Å². The van der Waals surface area contributed by atoms with Crippen molar-refractivity contribution in [2.45, 2.75) is 19.8 Å². The van der Waals surface area contributed by atoms with Crippen molar-refractivity contribution in [1.82, 2.24) is 4.98 Å². The second kappa shape index (κ2) is 5.88. The summed E-state index contributed by atoms with van der Waals surface area (Å²) in [5, 5.41) is 1.01. The minimum atomic E-state index is 0.182. The molecule has 0 N–H and O–H groups in total. The monoisotopic (exact) mass is 275 g/mol. The van der Waals surface area contributed by atoms with Gasteiger partial charge in [0.15, 0.2) is 5.78 Å². The molecule has 0 saturated carbocycles. The van der Waals surface area contributed by atoms with E-state index in [1.807, 2.05) is 30.3 Å². The molecule has 0 unspecified atom stereocenters. The van der Waals surface area contributed by atoms with E-state index in [1.54, 1.807) is 6.20 Å². The molecule has 1 aromatic heterocycles. The quantitative estimate of drug-likeness (QED) is 0.662. The molecule has 0 spiro atoms. The summed E-state index contributed by atoms with van der Waals surface area (Å²) in [5.41, 5.74) is 4.14. The van der Waals surface area contributed by atoms with Crippen LogP contribution in [0.5, 0.6) is 0 Å². The van der Waals surface area contributed by atoms with Gasteiger partial charge in [-0.05, 0) is 43.2 Å². The minimum Gasteiger partial charge on any atom is -0.294 e. The molecule has 0 aliphatic rings. The number of rotatable bonds is 4. The highest BCUT2D eigenvalue weighted by molar-refractivity contribution is 5.99. The number of Topliss-reactive ketones (excluding diaryl/α,β-unsaturated/α-hetero) is 1. The fourth-order valence-electron chi connectivity index (χ4n) is 2.41. The smallest absolute Gasteiger partial charge is 0.163 e. The van der Waals surface area contributed by atoms with Gasteiger partial charge in [-0.3, -0.25) is 9.78 Å². The molecule has 1 heterocycles. The zero-order valence-electron chi connectivity index (χ0n) is 12.0. The van der Waals surface area contributed by atoms with Crippen molar-refractivity contribution >= 4 is 16.7 Å². The maximum atomic E-state index is 12.3. The van der Waals surface area contributed by atoms with Crippen LogP contribution in [0.3, 0.4) is 0 Å². The second-order valence-electron chi connectivity index (χ2n) is 5.32. The summed E-state index contributed by atoms with van der Waals surface area (Å²) in [6, 6.07) is 17.9. The molecule has 0 bridgehead atoms. The lowest BCUT2D eigenvalue weighted by atomic mass is 10.0. The molecule has 2 heteroatoms. The number of ketones is 1. The maximum absolute atomic E-state index is 12.3. The van der Waals surface area contributed by atoms with Crippen LogP contribution in [0.25, 0.3) is 10.9 Å². The highest BCUT2D eigenvalue weighted by Crippen LogP contribution is 2.16. The number of pyridine rings is 1. The molecule has 2 nitrogen and oxygen atoms in total. The number of aromatic nitrogens is 1. The number of carbonyl (C=O) groups is 1. The van der Waals surface area contributed by atoms with Gasteiger partial charge in [0, 0.05) is 23.6 Å². The molecule has 0 atom stereocenters. The van der Waals surface area contributed by atoms with Crippen LogP contribution < -0.4 is 0 Å². The third kappa shape index (κ3) is 3.16. The van der Waals surface area contributed by atoms with Crippen molar-refractivity contribution in [3.05, 3.63) is 77.5 Å². The topological polar surface area (TPSA) is 30.0 Å². The van der Waals surface area contributed by atoms with E-state index in [0.29, 0.717) is 6.42 Å². The van der Waals surface area contributed by atoms with E-state index in [0.717, 1.165) is 22.9 Å². The number of hydrogen-bond acceptors (Lipinski definition) is 2. The first-order valence-corrected chi connectivity index (χ1v) is 7.16. The largest absolute Gasteiger partial charge is 0.294 e. The van der Waals surface area contributed by atoms with Crippen LogP contribution in [0, 0.1) is 6.92 Å². The van der Waals surface area contributed by atoms with Crippen LogP contribution in [-0.2, 0) is 6.42 Å². The Morgan fingerprint density at radius 1 is 1.05 bits per heavy atom. The SMILES string of the molecule is Cc1ccc(CCC(=O)c2ccc3ncccc3c2)cc1. The minimum absolute atomic E-state index is 0.182. The first kappa shape index (κ1) is 13.5. The van der Waals surface area contributed by atoms with E-state index in [4.69, 9.17) is 0 Å². The molecule has 0 aliphatic carbocycles. The van der Waals surface area contributed by atoms with Gasteiger partial charge in [-0.2, -0.15) is 0 Å². The average molecular weight is 275 g/mol. The summed E-state index contributed by atoms with van der Waals surface area (Å²) in [4.78, 5) is 16.6. The lowest BCUT2D eigenvalue weighted by Crippen LogP contribution is -2.01. The third-order valence-corrected chi connectivity index (χ3v) is 3.69. The van der Waals surface area contributed by atoms with Gasteiger partial charge in [0.05, 0.1) is 5.52 Å². The lowest BCUT2D eigenvalue weighted by molar-refractivity contribution is 0.0983. The molecule has 0 saturated heterocycles. The molecule has 0 fully saturated rings. The molecule has 104 valence electrons. The van der Waals surface area contributed by atoms with Crippen LogP contribution in [0.2, 0.25) is 0 Å². The molecule has 0 radical (unpaired) electrons. The van der Waals surface area contributed by atoms with Crippen molar-refractivity contribution in [2.75, 3.05) is 0 Å². The summed E-state index contributed by atoms with van der Waals surface area (Å²) in [5.74, 6) is 0.182. The van der Waals surface area contributed by atoms with Crippen LogP contribution in [-0.4, -0.2) is 10.8 Å². The molecule has 2 aromatic carbocycles. The van der Waals surface area contributed by atoms with E-state index >= 15 is 0 Å². The zero-order chi connectivity index (χ0) is 14.7. The molecule has 3 aromatic rings. The number of hydrogen-bond donors (Lipinski definition) is 0. The number of benzene rings is 2. The van der Waals surface area contributed by atoms with E-state index in [9.17, 15) is 4.79 Å². The standard InChI is InChI=1S/C19H17NO/c1-14-4-6-15(7-5-14)8-11-19(21)17-9-10-18-16(13-17)3-2-12-20-18/h2-7,9-10,12-13H,8,11H2,1H3. The fraction of sp³-hybridized carbons (Fsp3) is 0.158. The Kier molecular flexibility index (Phi) is 3.78. The van der Waals surface area contributed by atoms with E-state index in [2.05, 4.69) is 36.2 Å². The molecule has 3 rings (SSSR count). The number of aryl methyl sites for hydroxylation is 2. The Balaban J connectivity index is 1.73. The van der Waals surface area contributed by atoms with Gasteiger partial charge < -0.3 is 0 Å². The lowest BCUT2D eigenvalue weighted by Gasteiger charge is -2.04. The Hall–Kier alpha value is -2.48. The van der Waals surface area contributed by atoms with Crippen molar-refractivity contribution in [2.24, 2.45) is 0 Å². The highest BCUT2D eigenvalue weighted by atomic mass is 16.1. The first-order chi connectivity index (χ1) is 10.2. The van der Waals surface area contributed by atoms with E-state index < -0.39 is 0 Å². The average Bonchev–Trinajstić information content (AvgIpc) is 2.53. The summed E-state index contributed by atoms with van der Waals surface area (Å²) in [6.45, 7) is 2.07. The van der Waals surface area contributed by atoms with Crippen LogP contribution in [0.15, 0.2) is 60.8 Å². The summed E-state index contributed by atoms with van der Waals surface area (Å²) >= 11 is 0. The van der Waals surface area contributed by atoms with Crippen molar-refractivity contribution in [1.29, 1.82) is 0 Å². The molecule has 21 heavy (non-hydrogen) atoms. The Bertz CT molecular complexity index is 775. The van der Waals surface area contributed by atoms with Crippen LogP contribution >= 0.6 is 0 Å². The number of nitrogens with zero attached hydrogens (tertiary/aromatic N) is 1. The predicted octanol–water partition coefficient (Wildman–Crippen LogP) is 4.36. The van der Waals surface area contributed by atoms with Crippen LogP contribution in [0.1, 0.15) is 27.9 Å². The van der Waals surface area contributed by atoms with Gasteiger partial charge in [0.25, 0.3) is 0 Å². The maximum Gasteiger partial charge on any atom is 0.163 e. The molecule has 0 aliphatic heterocycles.